The maximum Gasteiger partial charge on any atom is 0.123 e. The van der Waals surface area contributed by atoms with E-state index in [-0.39, 0.29) is 5.41 Å². The highest BCUT2D eigenvalue weighted by Crippen LogP contribution is 2.32. The lowest BCUT2D eigenvalue weighted by Gasteiger charge is -2.14. The van der Waals surface area contributed by atoms with Crippen molar-refractivity contribution >= 4 is 21.6 Å². The number of rotatable bonds is 0. The standard InChI is InChI=1S/C11H13NS.C2H6/c1-11(2,3)9-7-8-5-4-6-12-10(8)13-9;1-2/h4-7H,1-3H3;1-2H3. The van der Waals surface area contributed by atoms with Crippen LogP contribution in [0.5, 0.6) is 0 Å². The highest BCUT2D eigenvalue weighted by Gasteiger charge is 2.16. The van der Waals surface area contributed by atoms with E-state index in [0.29, 0.717) is 0 Å². The molecule has 0 aliphatic heterocycles. The molecule has 0 radical (unpaired) electrons. The summed E-state index contributed by atoms with van der Waals surface area (Å²) < 4.78 is 0. The van der Waals surface area contributed by atoms with Gasteiger partial charge < -0.3 is 0 Å². The van der Waals surface area contributed by atoms with Gasteiger partial charge >= 0.3 is 0 Å². The van der Waals surface area contributed by atoms with Gasteiger partial charge in [0.1, 0.15) is 4.83 Å². The van der Waals surface area contributed by atoms with E-state index in [4.69, 9.17) is 0 Å². The van der Waals surface area contributed by atoms with Gasteiger partial charge in [-0.2, -0.15) is 0 Å². The summed E-state index contributed by atoms with van der Waals surface area (Å²) >= 11 is 1.79. The van der Waals surface area contributed by atoms with E-state index in [1.54, 1.807) is 11.3 Å². The van der Waals surface area contributed by atoms with Crippen LogP contribution in [0.15, 0.2) is 24.4 Å². The van der Waals surface area contributed by atoms with Gasteiger partial charge in [0.05, 0.1) is 0 Å². The average Bonchev–Trinajstić information content (AvgIpc) is 2.63. The third kappa shape index (κ3) is 2.78. The fourth-order valence-electron chi connectivity index (χ4n) is 1.24. The number of fused-ring (bicyclic) bond motifs is 1. The maximum atomic E-state index is 4.33. The molecule has 2 aromatic heterocycles. The second-order valence-electron chi connectivity index (χ2n) is 4.26. The monoisotopic (exact) mass is 221 g/mol. The van der Waals surface area contributed by atoms with Crippen LogP contribution in [-0.4, -0.2) is 4.98 Å². The van der Waals surface area contributed by atoms with Crippen LogP contribution in [0.3, 0.4) is 0 Å². The number of hydrogen-bond donors (Lipinski definition) is 0. The summed E-state index contributed by atoms with van der Waals surface area (Å²) in [5, 5.41) is 1.26. The molecule has 0 fully saturated rings. The SMILES string of the molecule is CC.CC(C)(C)c1cc2cccnc2s1. The van der Waals surface area contributed by atoms with Crippen molar-refractivity contribution in [3.8, 4) is 0 Å². The lowest BCUT2D eigenvalue weighted by molar-refractivity contribution is 0.604. The van der Waals surface area contributed by atoms with Gasteiger partial charge in [-0.3, -0.25) is 0 Å². The molecule has 0 amide bonds. The molecule has 0 saturated carbocycles. The molecular formula is C13H19NS. The second-order valence-corrected chi connectivity index (χ2v) is 5.29. The van der Waals surface area contributed by atoms with E-state index in [1.165, 1.54) is 10.3 Å². The number of nitrogens with zero attached hydrogens (tertiary/aromatic N) is 1. The van der Waals surface area contributed by atoms with Crippen molar-refractivity contribution in [1.29, 1.82) is 0 Å². The van der Waals surface area contributed by atoms with E-state index in [9.17, 15) is 0 Å². The van der Waals surface area contributed by atoms with Crippen molar-refractivity contribution in [1.82, 2.24) is 4.98 Å². The number of pyridine rings is 1. The fraction of sp³-hybridized carbons (Fsp3) is 0.462. The summed E-state index contributed by atoms with van der Waals surface area (Å²) in [4.78, 5) is 6.88. The Hall–Kier alpha value is -0.890. The zero-order chi connectivity index (χ0) is 11.5. The number of aromatic nitrogens is 1. The Bertz CT molecular complexity index is 390. The second kappa shape index (κ2) is 4.75. The summed E-state index contributed by atoms with van der Waals surface area (Å²) in [6.07, 6.45) is 1.85. The molecule has 15 heavy (non-hydrogen) atoms. The first-order valence-electron chi connectivity index (χ1n) is 5.42. The highest BCUT2D eigenvalue weighted by atomic mass is 32.1. The van der Waals surface area contributed by atoms with Gasteiger partial charge in [-0.1, -0.05) is 40.7 Å². The number of thiophene rings is 1. The molecular weight excluding hydrogens is 202 g/mol. The molecule has 0 bridgehead atoms. The third-order valence-electron chi connectivity index (χ3n) is 2.03. The Morgan fingerprint density at radius 1 is 1.20 bits per heavy atom. The molecule has 0 N–H and O–H groups in total. The van der Waals surface area contributed by atoms with E-state index in [2.05, 4.69) is 37.9 Å². The lowest BCUT2D eigenvalue weighted by atomic mass is 9.94. The highest BCUT2D eigenvalue weighted by molar-refractivity contribution is 7.18. The Morgan fingerprint density at radius 2 is 1.87 bits per heavy atom. The molecule has 2 heterocycles. The van der Waals surface area contributed by atoms with E-state index in [0.717, 1.165) is 4.83 Å². The Balaban J connectivity index is 0.000000531. The molecule has 0 aliphatic carbocycles. The third-order valence-corrected chi connectivity index (χ3v) is 3.52. The largest absolute Gasteiger partial charge is 0.245 e. The zero-order valence-electron chi connectivity index (χ0n) is 10.2. The van der Waals surface area contributed by atoms with Gasteiger partial charge in [0.2, 0.25) is 0 Å². The van der Waals surface area contributed by atoms with Crippen molar-refractivity contribution in [3.05, 3.63) is 29.3 Å². The molecule has 1 nitrogen and oxygen atoms in total. The first kappa shape index (κ1) is 12.2. The van der Waals surface area contributed by atoms with E-state index in [1.807, 2.05) is 26.1 Å². The van der Waals surface area contributed by atoms with Gasteiger partial charge in [-0.25, -0.2) is 4.98 Å². The van der Waals surface area contributed by atoms with E-state index >= 15 is 0 Å². The zero-order valence-corrected chi connectivity index (χ0v) is 11.0. The minimum absolute atomic E-state index is 0.241. The maximum absolute atomic E-state index is 4.33. The molecule has 2 aromatic rings. The normalized spacial score (nSPS) is 11.0. The predicted octanol–water partition coefficient (Wildman–Crippen LogP) is 4.62. The van der Waals surface area contributed by atoms with Crippen LogP contribution in [0.4, 0.5) is 0 Å². The summed E-state index contributed by atoms with van der Waals surface area (Å²) in [5.74, 6) is 0. The number of hydrogen-bond acceptors (Lipinski definition) is 2. The van der Waals surface area contributed by atoms with Gasteiger partial charge in [0.25, 0.3) is 0 Å². The van der Waals surface area contributed by atoms with Gasteiger partial charge in [-0.15, -0.1) is 11.3 Å². The minimum atomic E-state index is 0.241. The molecule has 0 aromatic carbocycles. The molecule has 0 unspecified atom stereocenters. The van der Waals surface area contributed by atoms with Crippen LogP contribution in [0, 0.1) is 0 Å². The summed E-state index contributed by atoms with van der Waals surface area (Å²) in [6.45, 7) is 10.7. The van der Waals surface area contributed by atoms with Crippen LogP contribution >= 0.6 is 11.3 Å². The fourth-order valence-corrected chi connectivity index (χ4v) is 2.30. The first-order valence-corrected chi connectivity index (χ1v) is 6.24. The predicted molar refractivity (Wildman–Crippen MR) is 69.7 cm³/mol. The topological polar surface area (TPSA) is 12.9 Å². The van der Waals surface area contributed by atoms with Crippen molar-refractivity contribution in [2.75, 3.05) is 0 Å². The Kier molecular flexibility index (Phi) is 3.86. The molecule has 2 heteroatoms. The molecule has 0 aliphatic rings. The van der Waals surface area contributed by atoms with Crippen molar-refractivity contribution in [2.24, 2.45) is 0 Å². The van der Waals surface area contributed by atoms with Crippen LogP contribution < -0.4 is 0 Å². The molecule has 2 rings (SSSR count). The van der Waals surface area contributed by atoms with Crippen LogP contribution in [-0.2, 0) is 5.41 Å². The minimum Gasteiger partial charge on any atom is -0.245 e. The average molecular weight is 221 g/mol. The van der Waals surface area contributed by atoms with Gasteiger partial charge in [0, 0.05) is 16.5 Å². The lowest BCUT2D eigenvalue weighted by Crippen LogP contribution is -2.07. The van der Waals surface area contributed by atoms with Crippen molar-refractivity contribution in [3.63, 3.8) is 0 Å². The summed E-state index contributed by atoms with van der Waals surface area (Å²) in [6, 6.07) is 6.35. The van der Waals surface area contributed by atoms with Crippen LogP contribution in [0.25, 0.3) is 10.2 Å². The van der Waals surface area contributed by atoms with Gasteiger partial charge in [0.15, 0.2) is 0 Å². The van der Waals surface area contributed by atoms with Crippen LogP contribution in [0.1, 0.15) is 39.5 Å². The smallest absolute Gasteiger partial charge is 0.123 e. The summed E-state index contributed by atoms with van der Waals surface area (Å²) in [5.41, 5.74) is 0.241. The molecule has 0 saturated heterocycles. The van der Waals surface area contributed by atoms with Crippen LogP contribution in [0.2, 0.25) is 0 Å². The Morgan fingerprint density at radius 3 is 2.40 bits per heavy atom. The molecule has 0 spiro atoms. The summed E-state index contributed by atoms with van der Waals surface area (Å²) in [7, 11) is 0. The first-order chi connectivity index (χ1) is 7.07. The van der Waals surface area contributed by atoms with Gasteiger partial charge in [-0.05, 0) is 17.5 Å². The quantitative estimate of drug-likeness (QED) is 0.632. The van der Waals surface area contributed by atoms with Crippen molar-refractivity contribution < 1.29 is 0 Å². The van der Waals surface area contributed by atoms with Crippen molar-refractivity contribution in [2.45, 2.75) is 40.0 Å². The van der Waals surface area contributed by atoms with E-state index < -0.39 is 0 Å². The molecule has 82 valence electrons. The molecule has 0 atom stereocenters. The Labute approximate surface area is 96.2 Å².